The minimum atomic E-state index is -0.0876. The minimum absolute atomic E-state index is 0.00935. The Kier molecular flexibility index (Phi) is 2.87. The monoisotopic (exact) mass is 254 g/mol. The van der Waals surface area contributed by atoms with Gasteiger partial charge in [0.15, 0.2) is 0 Å². The number of esters is 1. The number of carbonyl (C=O) groups excluding carboxylic acids is 1. The van der Waals surface area contributed by atoms with Crippen LogP contribution in [0.1, 0.15) is 23.2 Å². The summed E-state index contributed by atoms with van der Waals surface area (Å²) < 4.78 is 5.19. The maximum Gasteiger partial charge on any atom is 0.306 e. The number of halogens is 1. The van der Waals surface area contributed by atoms with Gasteiger partial charge in [0.05, 0.1) is 4.83 Å². The summed E-state index contributed by atoms with van der Waals surface area (Å²) in [4.78, 5) is 11.1. The molecule has 2 nitrogen and oxygen atoms in total. The maximum atomic E-state index is 10.9. The largest absolute Gasteiger partial charge is 0.461 e. The molecule has 3 heteroatoms. The molecule has 1 saturated heterocycles. The number of carbonyl (C=O) groups is 1. The van der Waals surface area contributed by atoms with Crippen LogP contribution in [0.2, 0.25) is 0 Å². The fraction of sp³-hybridized carbons (Fsp3) is 0.364. The van der Waals surface area contributed by atoms with Gasteiger partial charge in [-0.1, -0.05) is 46.3 Å². The predicted molar refractivity (Wildman–Crippen MR) is 57.2 cm³/mol. The van der Waals surface area contributed by atoms with E-state index in [0.29, 0.717) is 6.42 Å². The van der Waals surface area contributed by atoms with Crippen LogP contribution in [0.15, 0.2) is 30.3 Å². The predicted octanol–water partition coefficient (Wildman–Crippen LogP) is 2.83. The molecule has 0 bridgehead atoms. The Bertz CT molecular complexity index is 323. The summed E-state index contributed by atoms with van der Waals surface area (Å²) in [5.74, 6) is -0.0876. The Morgan fingerprint density at radius 2 is 2.07 bits per heavy atom. The molecule has 0 aromatic heterocycles. The second kappa shape index (κ2) is 4.13. The Balaban J connectivity index is 2.09. The lowest BCUT2D eigenvalue weighted by molar-refractivity contribution is -0.141. The van der Waals surface area contributed by atoms with Gasteiger partial charge in [-0.3, -0.25) is 4.79 Å². The molecular formula is C11H11BrO2. The average Bonchev–Trinajstić information content (AvgIpc) is 2.65. The summed E-state index contributed by atoms with van der Waals surface area (Å²) in [7, 11) is 0. The molecule has 1 fully saturated rings. The smallest absolute Gasteiger partial charge is 0.306 e. The summed E-state index contributed by atoms with van der Waals surface area (Å²) in [5, 5.41) is 0. The Morgan fingerprint density at radius 1 is 1.36 bits per heavy atom. The second-order valence-corrected chi connectivity index (χ2v) is 4.37. The zero-order chi connectivity index (χ0) is 9.97. The van der Waals surface area contributed by atoms with Crippen LogP contribution in [0.25, 0.3) is 0 Å². The first-order valence-electron chi connectivity index (χ1n) is 4.66. The van der Waals surface area contributed by atoms with Crippen molar-refractivity contribution in [2.75, 3.05) is 0 Å². The normalized spacial score (nSPS) is 23.2. The van der Waals surface area contributed by atoms with E-state index in [1.165, 1.54) is 0 Å². The minimum Gasteiger partial charge on any atom is -0.461 e. The van der Waals surface area contributed by atoms with Gasteiger partial charge in [-0.05, 0) is 12.0 Å². The van der Waals surface area contributed by atoms with Crippen LogP contribution in [0.3, 0.4) is 0 Å². The van der Waals surface area contributed by atoms with E-state index in [-0.39, 0.29) is 16.9 Å². The van der Waals surface area contributed by atoms with E-state index in [4.69, 9.17) is 4.74 Å². The molecule has 0 aliphatic carbocycles. The van der Waals surface area contributed by atoms with Crippen LogP contribution >= 0.6 is 15.9 Å². The molecule has 74 valence electrons. The van der Waals surface area contributed by atoms with Gasteiger partial charge in [0, 0.05) is 6.42 Å². The van der Waals surface area contributed by atoms with Crippen molar-refractivity contribution >= 4 is 21.9 Å². The number of rotatable bonds is 2. The summed E-state index contributed by atoms with van der Waals surface area (Å²) in [5.41, 5.74) is 1.16. The summed E-state index contributed by atoms with van der Waals surface area (Å²) >= 11 is 3.56. The van der Waals surface area contributed by atoms with Gasteiger partial charge in [0.2, 0.25) is 0 Å². The standard InChI is InChI=1S/C11H11BrO2/c12-11(8-4-2-1-3-5-8)9-6-7-10(13)14-9/h1-5,9,11H,6-7H2/t9-,11+/m0/s1. The molecule has 1 aliphatic rings. The third kappa shape index (κ3) is 1.98. The fourth-order valence-corrected chi connectivity index (χ4v) is 2.28. The molecule has 1 heterocycles. The molecule has 0 radical (unpaired) electrons. The van der Waals surface area contributed by atoms with Gasteiger partial charge in [-0.2, -0.15) is 0 Å². The highest BCUT2D eigenvalue weighted by atomic mass is 79.9. The number of hydrogen-bond acceptors (Lipinski definition) is 2. The first-order valence-corrected chi connectivity index (χ1v) is 5.57. The first kappa shape index (κ1) is 9.71. The van der Waals surface area contributed by atoms with Crippen molar-refractivity contribution in [3.05, 3.63) is 35.9 Å². The van der Waals surface area contributed by atoms with Gasteiger partial charge in [0.1, 0.15) is 6.10 Å². The quantitative estimate of drug-likeness (QED) is 0.600. The molecule has 2 atom stereocenters. The molecule has 0 unspecified atom stereocenters. The lowest BCUT2D eigenvalue weighted by atomic mass is 10.1. The van der Waals surface area contributed by atoms with E-state index in [1.807, 2.05) is 30.3 Å². The highest BCUT2D eigenvalue weighted by Gasteiger charge is 2.30. The van der Waals surface area contributed by atoms with Crippen molar-refractivity contribution in [1.29, 1.82) is 0 Å². The van der Waals surface area contributed by atoms with Crippen LogP contribution in [0.4, 0.5) is 0 Å². The lowest BCUT2D eigenvalue weighted by Gasteiger charge is -2.16. The van der Waals surface area contributed by atoms with E-state index >= 15 is 0 Å². The molecule has 0 amide bonds. The van der Waals surface area contributed by atoms with Gasteiger partial charge in [-0.25, -0.2) is 0 Å². The zero-order valence-corrected chi connectivity index (χ0v) is 9.24. The molecule has 0 spiro atoms. The maximum absolute atomic E-state index is 10.9. The first-order chi connectivity index (χ1) is 6.77. The number of cyclic esters (lactones) is 1. The Labute approximate surface area is 91.4 Å². The summed E-state index contributed by atoms with van der Waals surface area (Å²) in [6.45, 7) is 0. The van der Waals surface area contributed by atoms with Crippen LogP contribution in [0, 0.1) is 0 Å². The van der Waals surface area contributed by atoms with Crippen LogP contribution < -0.4 is 0 Å². The Morgan fingerprint density at radius 3 is 2.64 bits per heavy atom. The van der Waals surface area contributed by atoms with Crippen molar-refractivity contribution in [1.82, 2.24) is 0 Å². The molecule has 0 N–H and O–H groups in total. The SMILES string of the molecule is O=C1CC[C@@H]([C@H](Br)c2ccccc2)O1. The molecule has 1 aromatic rings. The van der Waals surface area contributed by atoms with E-state index < -0.39 is 0 Å². The van der Waals surface area contributed by atoms with Gasteiger partial charge in [-0.15, -0.1) is 0 Å². The summed E-state index contributed by atoms with van der Waals surface area (Å²) in [6, 6.07) is 10.0. The molecule has 2 rings (SSSR count). The van der Waals surface area contributed by atoms with E-state index in [2.05, 4.69) is 15.9 Å². The van der Waals surface area contributed by atoms with Crippen molar-refractivity contribution in [2.45, 2.75) is 23.8 Å². The number of hydrogen-bond donors (Lipinski definition) is 0. The molecule has 0 saturated carbocycles. The molecule has 14 heavy (non-hydrogen) atoms. The molecular weight excluding hydrogens is 244 g/mol. The molecule has 1 aliphatic heterocycles. The fourth-order valence-electron chi connectivity index (χ4n) is 1.60. The van der Waals surface area contributed by atoms with Crippen molar-refractivity contribution < 1.29 is 9.53 Å². The van der Waals surface area contributed by atoms with Gasteiger partial charge < -0.3 is 4.74 Å². The topological polar surface area (TPSA) is 26.3 Å². The van der Waals surface area contributed by atoms with Crippen LogP contribution in [-0.4, -0.2) is 12.1 Å². The third-order valence-corrected chi connectivity index (χ3v) is 3.48. The van der Waals surface area contributed by atoms with Crippen LogP contribution in [-0.2, 0) is 9.53 Å². The average molecular weight is 255 g/mol. The number of benzene rings is 1. The van der Waals surface area contributed by atoms with E-state index in [0.717, 1.165) is 12.0 Å². The zero-order valence-electron chi connectivity index (χ0n) is 7.65. The van der Waals surface area contributed by atoms with Crippen LogP contribution in [0.5, 0.6) is 0 Å². The van der Waals surface area contributed by atoms with Crippen molar-refractivity contribution in [3.63, 3.8) is 0 Å². The number of ether oxygens (including phenoxy) is 1. The third-order valence-electron chi connectivity index (χ3n) is 2.36. The highest BCUT2D eigenvalue weighted by molar-refractivity contribution is 9.09. The highest BCUT2D eigenvalue weighted by Crippen LogP contribution is 2.33. The second-order valence-electron chi connectivity index (χ2n) is 3.38. The number of alkyl halides is 1. The van der Waals surface area contributed by atoms with E-state index in [1.54, 1.807) is 0 Å². The van der Waals surface area contributed by atoms with Crippen molar-refractivity contribution in [2.24, 2.45) is 0 Å². The summed E-state index contributed by atoms with van der Waals surface area (Å²) in [6.07, 6.45) is 1.34. The van der Waals surface area contributed by atoms with Gasteiger partial charge in [0.25, 0.3) is 0 Å². The molecule has 1 aromatic carbocycles. The Hall–Kier alpha value is -0.830. The van der Waals surface area contributed by atoms with E-state index in [9.17, 15) is 4.79 Å². The van der Waals surface area contributed by atoms with Crippen molar-refractivity contribution in [3.8, 4) is 0 Å². The lowest BCUT2D eigenvalue weighted by Crippen LogP contribution is -2.13. The van der Waals surface area contributed by atoms with Gasteiger partial charge >= 0.3 is 5.97 Å².